The molecule has 0 bridgehead atoms. The van der Waals surface area contributed by atoms with E-state index < -0.39 is 29.4 Å². The highest BCUT2D eigenvalue weighted by atomic mass is 19.1. The van der Waals surface area contributed by atoms with E-state index in [4.69, 9.17) is 4.74 Å². The van der Waals surface area contributed by atoms with Gasteiger partial charge in [0, 0.05) is 31.6 Å². The first-order valence-corrected chi connectivity index (χ1v) is 7.67. The van der Waals surface area contributed by atoms with Crippen LogP contribution in [-0.4, -0.2) is 30.9 Å². The summed E-state index contributed by atoms with van der Waals surface area (Å²) in [4.78, 5) is 34.7. The van der Waals surface area contributed by atoms with E-state index in [-0.39, 0.29) is 30.0 Å². The second-order valence-corrected chi connectivity index (χ2v) is 5.26. The number of benzene rings is 2. The maximum absolute atomic E-state index is 13.5. The number of amides is 2. The van der Waals surface area contributed by atoms with Crippen LogP contribution in [0.5, 0.6) is 5.75 Å². The number of halogens is 2. The maximum atomic E-state index is 13.5. The molecule has 0 aromatic heterocycles. The number of esters is 1. The molecule has 0 fully saturated rings. The molecular weight excluding hydrogens is 346 g/mol. The van der Waals surface area contributed by atoms with Crippen molar-refractivity contribution in [2.45, 2.75) is 6.92 Å². The maximum Gasteiger partial charge on any atom is 0.308 e. The molecule has 2 amide bonds. The Bertz CT molecular complexity index is 840. The van der Waals surface area contributed by atoms with Crippen LogP contribution in [0.3, 0.4) is 0 Å². The molecule has 2 aromatic carbocycles. The molecule has 0 aliphatic carbocycles. The van der Waals surface area contributed by atoms with E-state index in [1.165, 1.54) is 25.1 Å². The van der Waals surface area contributed by atoms with Crippen LogP contribution in [0.2, 0.25) is 0 Å². The summed E-state index contributed by atoms with van der Waals surface area (Å²) in [7, 11) is 0. The van der Waals surface area contributed by atoms with Crippen molar-refractivity contribution in [1.82, 2.24) is 10.6 Å². The van der Waals surface area contributed by atoms with Crippen LogP contribution in [0.4, 0.5) is 8.78 Å². The van der Waals surface area contributed by atoms with E-state index in [2.05, 4.69) is 10.6 Å². The molecule has 0 spiro atoms. The molecule has 0 unspecified atom stereocenters. The molecule has 0 radical (unpaired) electrons. The Kier molecular flexibility index (Phi) is 6.37. The molecule has 0 saturated heterocycles. The first-order valence-electron chi connectivity index (χ1n) is 7.67. The highest BCUT2D eigenvalue weighted by Gasteiger charge is 2.12. The van der Waals surface area contributed by atoms with Crippen molar-refractivity contribution >= 4 is 17.8 Å². The standard InChI is InChI=1S/C18H16F2N2O4/c1-11(23)26-14-4-2-3-12(9-14)17(24)21-7-8-22-18(25)15-6-5-13(19)10-16(15)20/h2-6,9-10H,7-8H2,1H3,(H,21,24)(H,22,25). The Hall–Kier alpha value is -3.29. The average Bonchev–Trinajstić information content (AvgIpc) is 2.58. The van der Waals surface area contributed by atoms with Crippen LogP contribution >= 0.6 is 0 Å². The van der Waals surface area contributed by atoms with E-state index in [0.29, 0.717) is 6.07 Å². The minimum absolute atomic E-state index is 0.0467. The highest BCUT2D eigenvalue weighted by molar-refractivity contribution is 5.95. The number of carbonyl (C=O) groups is 3. The molecule has 0 saturated carbocycles. The van der Waals surface area contributed by atoms with Gasteiger partial charge in [0.2, 0.25) is 0 Å². The van der Waals surface area contributed by atoms with Crippen molar-refractivity contribution in [2.75, 3.05) is 13.1 Å². The Labute approximate surface area is 148 Å². The molecule has 0 aliphatic heterocycles. The zero-order valence-corrected chi connectivity index (χ0v) is 13.8. The first kappa shape index (κ1) is 19.0. The second-order valence-electron chi connectivity index (χ2n) is 5.26. The third kappa shape index (κ3) is 5.37. The lowest BCUT2D eigenvalue weighted by atomic mass is 10.2. The van der Waals surface area contributed by atoms with Gasteiger partial charge in [-0.3, -0.25) is 14.4 Å². The summed E-state index contributed by atoms with van der Waals surface area (Å²) in [6.45, 7) is 1.38. The largest absolute Gasteiger partial charge is 0.427 e. The molecule has 26 heavy (non-hydrogen) atoms. The van der Waals surface area contributed by atoms with Crippen LogP contribution in [0, 0.1) is 11.6 Å². The summed E-state index contributed by atoms with van der Waals surface area (Å²) >= 11 is 0. The van der Waals surface area contributed by atoms with Gasteiger partial charge in [-0.05, 0) is 30.3 Å². The Morgan fingerprint density at radius 3 is 2.31 bits per heavy atom. The second kappa shape index (κ2) is 8.70. The van der Waals surface area contributed by atoms with Crippen molar-refractivity contribution in [3.05, 3.63) is 65.2 Å². The number of rotatable bonds is 6. The number of carbonyl (C=O) groups excluding carboxylic acids is 3. The SMILES string of the molecule is CC(=O)Oc1cccc(C(=O)NCCNC(=O)c2ccc(F)cc2F)c1. The smallest absolute Gasteiger partial charge is 0.308 e. The van der Waals surface area contributed by atoms with Crippen molar-refractivity contribution < 1.29 is 27.9 Å². The summed E-state index contributed by atoms with van der Waals surface area (Å²) in [5, 5.41) is 4.98. The molecule has 136 valence electrons. The van der Waals surface area contributed by atoms with Gasteiger partial charge in [-0.25, -0.2) is 8.78 Å². The Morgan fingerprint density at radius 2 is 1.65 bits per heavy atom. The van der Waals surface area contributed by atoms with E-state index >= 15 is 0 Å². The number of hydrogen-bond acceptors (Lipinski definition) is 4. The van der Waals surface area contributed by atoms with E-state index in [1.807, 2.05) is 0 Å². The zero-order chi connectivity index (χ0) is 19.1. The van der Waals surface area contributed by atoms with Crippen molar-refractivity contribution in [2.24, 2.45) is 0 Å². The van der Waals surface area contributed by atoms with Gasteiger partial charge in [0.25, 0.3) is 11.8 Å². The molecule has 6 nitrogen and oxygen atoms in total. The van der Waals surface area contributed by atoms with Crippen LogP contribution in [0.1, 0.15) is 27.6 Å². The summed E-state index contributed by atoms with van der Waals surface area (Å²) in [5.41, 5.74) is -0.00790. The summed E-state index contributed by atoms with van der Waals surface area (Å²) in [6.07, 6.45) is 0. The van der Waals surface area contributed by atoms with Crippen LogP contribution in [0.15, 0.2) is 42.5 Å². The van der Waals surface area contributed by atoms with E-state index in [1.54, 1.807) is 6.07 Å². The molecular formula is C18H16F2N2O4. The van der Waals surface area contributed by atoms with Gasteiger partial charge in [-0.15, -0.1) is 0 Å². The van der Waals surface area contributed by atoms with Crippen molar-refractivity contribution in [3.63, 3.8) is 0 Å². The van der Waals surface area contributed by atoms with Crippen LogP contribution in [0.25, 0.3) is 0 Å². The summed E-state index contributed by atoms with van der Waals surface area (Å²) < 4.78 is 31.2. The predicted molar refractivity (Wildman–Crippen MR) is 88.8 cm³/mol. The Balaban J connectivity index is 1.83. The molecule has 2 aromatic rings. The minimum Gasteiger partial charge on any atom is -0.427 e. The topological polar surface area (TPSA) is 84.5 Å². The van der Waals surface area contributed by atoms with Crippen LogP contribution < -0.4 is 15.4 Å². The van der Waals surface area contributed by atoms with Gasteiger partial charge in [-0.1, -0.05) is 6.07 Å². The average molecular weight is 362 g/mol. The lowest BCUT2D eigenvalue weighted by Crippen LogP contribution is -2.35. The fourth-order valence-corrected chi connectivity index (χ4v) is 2.09. The monoisotopic (exact) mass is 362 g/mol. The fraction of sp³-hybridized carbons (Fsp3) is 0.167. The zero-order valence-electron chi connectivity index (χ0n) is 13.8. The number of ether oxygens (including phenoxy) is 1. The van der Waals surface area contributed by atoms with E-state index in [9.17, 15) is 23.2 Å². The lowest BCUT2D eigenvalue weighted by Gasteiger charge is -2.09. The fourth-order valence-electron chi connectivity index (χ4n) is 2.09. The molecule has 0 heterocycles. The van der Waals surface area contributed by atoms with Crippen molar-refractivity contribution in [1.29, 1.82) is 0 Å². The van der Waals surface area contributed by atoms with Gasteiger partial charge in [0.1, 0.15) is 17.4 Å². The van der Waals surface area contributed by atoms with Crippen molar-refractivity contribution in [3.8, 4) is 5.75 Å². The molecule has 2 N–H and O–H groups in total. The van der Waals surface area contributed by atoms with E-state index in [0.717, 1.165) is 12.1 Å². The highest BCUT2D eigenvalue weighted by Crippen LogP contribution is 2.13. The molecule has 0 aliphatic rings. The molecule has 2 rings (SSSR count). The van der Waals surface area contributed by atoms with Gasteiger partial charge in [0.05, 0.1) is 5.56 Å². The summed E-state index contributed by atoms with van der Waals surface area (Å²) in [5.74, 6) is -3.14. The lowest BCUT2D eigenvalue weighted by molar-refractivity contribution is -0.131. The van der Waals surface area contributed by atoms with Gasteiger partial charge >= 0.3 is 5.97 Å². The normalized spacial score (nSPS) is 10.1. The number of nitrogens with one attached hydrogen (secondary N) is 2. The van der Waals surface area contributed by atoms with Gasteiger partial charge < -0.3 is 15.4 Å². The van der Waals surface area contributed by atoms with Gasteiger partial charge in [0.15, 0.2) is 0 Å². The first-order chi connectivity index (χ1) is 12.4. The Morgan fingerprint density at radius 1 is 0.962 bits per heavy atom. The quantitative estimate of drug-likeness (QED) is 0.468. The van der Waals surface area contributed by atoms with Gasteiger partial charge in [-0.2, -0.15) is 0 Å². The summed E-state index contributed by atoms with van der Waals surface area (Å²) in [6, 6.07) is 8.68. The molecule has 0 atom stereocenters. The third-order valence-corrected chi connectivity index (χ3v) is 3.23. The molecule has 8 heteroatoms. The number of hydrogen-bond donors (Lipinski definition) is 2. The third-order valence-electron chi connectivity index (χ3n) is 3.23. The van der Waals surface area contributed by atoms with Crippen LogP contribution in [-0.2, 0) is 4.79 Å². The predicted octanol–water partition coefficient (Wildman–Crippen LogP) is 2.05. The minimum atomic E-state index is -0.964.